The summed E-state index contributed by atoms with van der Waals surface area (Å²) in [6.45, 7) is 2.15. The average molecular weight is 189 g/mol. The van der Waals surface area contributed by atoms with Gasteiger partial charge in [0.15, 0.2) is 0 Å². The molecule has 0 amide bonds. The Bertz CT molecular complexity index is 289. The summed E-state index contributed by atoms with van der Waals surface area (Å²) >= 11 is 0. The molecule has 0 aliphatic heterocycles. The third-order valence-electron chi connectivity index (χ3n) is 3.39. The van der Waals surface area contributed by atoms with Gasteiger partial charge >= 0.3 is 0 Å². The monoisotopic (exact) mass is 189 g/mol. The zero-order valence-corrected chi connectivity index (χ0v) is 9.09. The molecular weight excluding hydrogens is 170 g/mol. The van der Waals surface area contributed by atoms with Crippen LogP contribution in [0.15, 0.2) is 24.3 Å². The Morgan fingerprint density at radius 1 is 1.14 bits per heavy atom. The van der Waals surface area contributed by atoms with Gasteiger partial charge in [-0.1, -0.05) is 36.2 Å². The van der Waals surface area contributed by atoms with E-state index < -0.39 is 0 Å². The van der Waals surface area contributed by atoms with E-state index in [0.717, 1.165) is 5.92 Å². The van der Waals surface area contributed by atoms with Crippen LogP contribution in [0.2, 0.25) is 0 Å². The van der Waals surface area contributed by atoms with E-state index >= 15 is 0 Å². The molecule has 0 saturated heterocycles. The van der Waals surface area contributed by atoms with E-state index in [1.54, 1.807) is 0 Å². The van der Waals surface area contributed by atoms with Crippen LogP contribution in [0.4, 0.5) is 0 Å². The van der Waals surface area contributed by atoms with Crippen LogP contribution in [-0.2, 0) is 0 Å². The summed E-state index contributed by atoms with van der Waals surface area (Å²) in [5.41, 5.74) is 2.86. The van der Waals surface area contributed by atoms with Crippen LogP contribution in [0.1, 0.15) is 36.3 Å². The molecule has 14 heavy (non-hydrogen) atoms. The first kappa shape index (κ1) is 9.72. The molecule has 2 rings (SSSR count). The van der Waals surface area contributed by atoms with Gasteiger partial charge in [-0.05, 0) is 38.3 Å². The Labute approximate surface area is 86.5 Å². The fraction of sp³-hybridized carbons (Fsp3) is 0.538. The molecule has 1 nitrogen and oxygen atoms in total. The van der Waals surface area contributed by atoms with Crippen LogP contribution in [0, 0.1) is 6.92 Å². The molecule has 0 spiro atoms. The molecule has 76 valence electrons. The second-order valence-electron chi connectivity index (χ2n) is 4.34. The Morgan fingerprint density at radius 3 is 2.50 bits per heavy atom. The van der Waals surface area contributed by atoms with E-state index in [0.29, 0.717) is 6.04 Å². The lowest BCUT2D eigenvalue weighted by Crippen LogP contribution is -2.27. The second kappa shape index (κ2) is 4.14. The van der Waals surface area contributed by atoms with Gasteiger partial charge in [0.2, 0.25) is 0 Å². The standard InChI is InChI=1S/C13H19N/c1-10-6-8-11(9-7-10)12-4-3-5-13(12)14-2/h6-9,12-14H,3-5H2,1-2H3. The summed E-state index contributed by atoms with van der Waals surface area (Å²) in [6, 6.07) is 9.71. The third-order valence-corrected chi connectivity index (χ3v) is 3.39. The first-order valence-electron chi connectivity index (χ1n) is 5.55. The Kier molecular flexibility index (Phi) is 2.87. The quantitative estimate of drug-likeness (QED) is 0.754. The molecule has 1 N–H and O–H groups in total. The maximum atomic E-state index is 3.43. The number of hydrogen-bond donors (Lipinski definition) is 1. The van der Waals surface area contributed by atoms with Crippen molar-refractivity contribution in [1.29, 1.82) is 0 Å². The number of hydrogen-bond acceptors (Lipinski definition) is 1. The van der Waals surface area contributed by atoms with Gasteiger partial charge in [0.25, 0.3) is 0 Å². The Morgan fingerprint density at radius 2 is 1.86 bits per heavy atom. The molecule has 0 bridgehead atoms. The summed E-state index contributed by atoms with van der Waals surface area (Å²) in [5.74, 6) is 0.737. The minimum Gasteiger partial charge on any atom is -0.316 e. The van der Waals surface area contributed by atoms with Crippen molar-refractivity contribution in [2.24, 2.45) is 0 Å². The fourth-order valence-corrected chi connectivity index (χ4v) is 2.52. The maximum Gasteiger partial charge on any atom is 0.0133 e. The Balaban J connectivity index is 2.17. The van der Waals surface area contributed by atoms with E-state index in [-0.39, 0.29) is 0 Å². The molecule has 1 aromatic carbocycles. The van der Waals surface area contributed by atoms with Gasteiger partial charge in [0.1, 0.15) is 0 Å². The van der Waals surface area contributed by atoms with Crippen molar-refractivity contribution < 1.29 is 0 Å². The van der Waals surface area contributed by atoms with Crippen molar-refractivity contribution in [3.05, 3.63) is 35.4 Å². The van der Waals surface area contributed by atoms with Crippen molar-refractivity contribution in [2.45, 2.75) is 38.1 Å². The van der Waals surface area contributed by atoms with E-state index in [4.69, 9.17) is 0 Å². The third kappa shape index (κ3) is 1.83. The van der Waals surface area contributed by atoms with Gasteiger partial charge in [-0.15, -0.1) is 0 Å². The predicted molar refractivity (Wildman–Crippen MR) is 60.6 cm³/mol. The van der Waals surface area contributed by atoms with Crippen LogP contribution in [-0.4, -0.2) is 13.1 Å². The highest BCUT2D eigenvalue weighted by Gasteiger charge is 2.26. The molecule has 2 atom stereocenters. The Hall–Kier alpha value is -0.820. The van der Waals surface area contributed by atoms with Crippen LogP contribution >= 0.6 is 0 Å². The highest BCUT2D eigenvalue weighted by molar-refractivity contribution is 5.26. The van der Waals surface area contributed by atoms with Crippen LogP contribution in [0.5, 0.6) is 0 Å². The molecule has 1 fully saturated rings. The molecular formula is C13H19N. The minimum absolute atomic E-state index is 0.692. The molecule has 1 aliphatic rings. The lowest BCUT2D eigenvalue weighted by molar-refractivity contribution is 0.522. The zero-order chi connectivity index (χ0) is 9.97. The molecule has 1 aromatic rings. The fourth-order valence-electron chi connectivity index (χ4n) is 2.52. The van der Waals surface area contributed by atoms with Gasteiger partial charge in [-0.3, -0.25) is 0 Å². The topological polar surface area (TPSA) is 12.0 Å². The van der Waals surface area contributed by atoms with E-state index in [1.807, 2.05) is 0 Å². The highest BCUT2D eigenvalue weighted by Crippen LogP contribution is 2.34. The summed E-state index contributed by atoms with van der Waals surface area (Å²) in [4.78, 5) is 0. The van der Waals surface area contributed by atoms with Gasteiger partial charge in [0, 0.05) is 6.04 Å². The number of nitrogens with one attached hydrogen (secondary N) is 1. The van der Waals surface area contributed by atoms with Gasteiger partial charge < -0.3 is 5.32 Å². The smallest absolute Gasteiger partial charge is 0.0133 e. The van der Waals surface area contributed by atoms with Crippen molar-refractivity contribution in [3.8, 4) is 0 Å². The highest BCUT2D eigenvalue weighted by atomic mass is 14.9. The van der Waals surface area contributed by atoms with Crippen molar-refractivity contribution in [3.63, 3.8) is 0 Å². The first-order valence-corrected chi connectivity index (χ1v) is 5.55. The van der Waals surface area contributed by atoms with Crippen LogP contribution in [0.25, 0.3) is 0 Å². The lowest BCUT2D eigenvalue weighted by atomic mass is 9.93. The van der Waals surface area contributed by atoms with Crippen LogP contribution in [0.3, 0.4) is 0 Å². The number of aryl methyl sites for hydroxylation is 1. The summed E-state index contributed by atoms with van der Waals surface area (Å²) in [5, 5.41) is 3.43. The normalized spacial score (nSPS) is 26.7. The number of benzene rings is 1. The van der Waals surface area contributed by atoms with E-state index in [9.17, 15) is 0 Å². The number of likely N-dealkylation sites (N-methyl/N-ethyl adjacent to an activating group) is 1. The van der Waals surface area contributed by atoms with Crippen molar-refractivity contribution in [2.75, 3.05) is 7.05 Å². The minimum atomic E-state index is 0.692. The van der Waals surface area contributed by atoms with E-state index in [2.05, 4.69) is 43.6 Å². The zero-order valence-electron chi connectivity index (χ0n) is 9.09. The SMILES string of the molecule is CNC1CCCC1c1ccc(C)cc1. The summed E-state index contributed by atoms with van der Waals surface area (Å²) < 4.78 is 0. The molecule has 0 aromatic heterocycles. The van der Waals surface area contributed by atoms with Gasteiger partial charge in [0.05, 0.1) is 0 Å². The van der Waals surface area contributed by atoms with Crippen molar-refractivity contribution in [1.82, 2.24) is 5.32 Å². The first-order chi connectivity index (χ1) is 6.81. The lowest BCUT2D eigenvalue weighted by Gasteiger charge is -2.19. The van der Waals surface area contributed by atoms with E-state index in [1.165, 1.54) is 30.4 Å². The maximum absolute atomic E-state index is 3.43. The molecule has 1 heteroatoms. The molecule has 2 unspecified atom stereocenters. The van der Waals surface area contributed by atoms with Gasteiger partial charge in [-0.25, -0.2) is 0 Å². The van der Waals surface area contributed by atoms with Crippen molar-refractivity contribution >= 4 is 0 Å². The predicted octanol–water partition coefficient (Wildman–Crippen LogP) is 2.85. The number of rotatable bonds is 2. The molecule has 0 heterocycles. The summed E-state index contributed by atoms with van der Waals surface area (Å²) in [6.07, 6.45) is 4.04. The van der Waals surface area contributed by atoms with Crippen LogP contribution < -0.4 is 5.32 Å². The molecule has 0 radical (unpaired) electrons. The average Bonchev–Trinajstić information content (AvgIpc) is 2.67. The van der Waals surface area contributed by atoms with Gasteiger partial charge in [-0.2, -0.15) is 0 Å². The largest absolute Gasteiger partial charge is 0.316 e. The molecule has 1 aliphatic carbocycles. The molecule has 1 saturated carbocycles. The second-order valence-corrected chi connectivity index (χ2v) is 4.34. The summed E-state index contributed by atoms with van der Waals surface area (Å²) in [7, 11) is 2.08.